The molecule has 1 saturated heterocycles. The van der Waals surface area contributed by atoms with Crippen molar-refractivity contribution in [2.24, 2.45) is 62.1 Å². The molecule has 5 saturated carbocycles. The maximum Gasteiger partial charge on any atom is 0.310 e. The first kappa shape index (κ1) is 43.5. The summed E-state index contributed by atoms with van der Waals surface area (Å²) in [6.07, 6.45) is 11.8. The number of Topliss-reactive ketones (excluding diaryl/α,β-unsaturated/α-hetero) is 2. The molecule has 0 aromatic carbocycles. The highest BCUT2D eigenvalue weighted by molar-refractivity contribution is 6.02. The highest BCUT2D eigenvalue weighted by Gasteiger charge is 2.70. The van der Waals surface area contributed by atoms with E-state index < -0.39 is 16.4 Å². The zero-order valence-corrected chi connectivity index (χ0v) is 37.9. The molecule has 0 radical (unpaired) electrons. The molecule has 10 atom stereocenters. The zero-order valence-electron chi connectivity index (χ0n) is 37.9. The van der Waals surface area contributed by atoms with Crippen LogP contribution in [0.4, 0.5) is 0 Å². The molecule has 1 amide bonds. The van der Waals surface area contributed by atoms with Crippen molar-refractivity contribution in [2.45, 2.75) is 184 Å². The Bertz CT molecular complexity index is 1720. The van der Waals surface area contributed by atoms with E-state index >= 15 is 0 Å². The van der Waals surface area contributed by atoms with Crippen LogP contribution in [-0.4, -0.2) is 72.2 Å². The van der Waals surface area contributed by atoms with Crippen molar-refractivity contribution in [1.29, 1.82) is 0 Å². The molecule has 9 nitrogen and oxygen atoms in total. The summed E-state index contributed by atoms with van der Waals surface area (Å²) in [4.78, 5) is 68.9. The molecule has 6 fully saturated rings. The maximum atomic E-state index is 14.4. The number of ketones is 2. The number of carbonyl (C=O) groups excluding carboxylic acids is 5. The number of hydrogen-bond donors (Lipinski definition) is 1. The third-order valence-corrected chi connectivity index (χ3v) is 18.8. The van der Waals surface area contributed by atoms with Crippen LogP contribution in [0.25, 0.3) is 0 Å². The Labute approximate surface area is 349 Å². The van der Waals surface area contributed by atoms with Crippen LogP contribution in [0.2, 0.25) is 0 Å². The monoisotopic (exact) mass is 805 g/mol. The third-order valence-electron chi connectivity index (χ3n) is 18.8. The number of piperidine rings is 1. The van der Waals surface area contributed by atoms with Gasteiger partial charge in [-0.15, -0.1) is 0 Å². The third kappa shape index (κ3) is 6.67. The minimum absolute atomic E-state index is 0.0291. The molecule has 324 valence electrons. The number of nitrogens with zero attached hydrogens (tertiary/aromatic N) is 1. The molecule has 1 aliphatic heterocycles. The molecule has 0 bridgehead atoms. The topological polar surface area (TPSA) is 119 Å². The number of likely N-dealkylation sites (tertiary alicyclic amines) is 1. The van der Waals surface area contributed by atoms with Crippen molar-refractivity contribution in [3.05, 3.63) is 11.1 Å². The first-order valence-corrected chi connectivity index (χ1v) is 23.1. The number of hydrogen-bond acceptors (Lipinski definition) is 8. The van der Waals surface area contributed by atoms with E-state index in [1.165, 1.54) is 12.0 Å². The lowest BCUT2D eigenvalue weighted by atomic mass is 9.33. The van der Waals surface area contributed by atoms with Gasteiger partial charge in [-0.2, -0.15) is 0 Å². The number of esters is 1. The quantitative estimate of drug-likeness (QED) is 0.163. The average molecular weight is 805 g/mol. The standard InChI is InChI=1S/C49H76N2O7/c1-30(2)39-34(54)27-49(50-42(56)43(3,4)26-31(53)28-51-23-13-12-14-24-51)22-21-47(10)32(40(39)49)15-16-36-46(9)19-18-37(45(7,8)35(46)17-20-48(36,47)11)58-41(55)33-25-38(57-29-52)44(33,5)6/h29-30,32-33,35-38H,12-28H2,1-11H3,(H,50,56)/t32-,33-,35+,36-,37+,38-,46+,47-,48-,49-/m1/s1. The van der Waals surface area contributed by atoms with Crippen LogP contribution in [0.3, 0.4) is 0 Å². The van der Waals surface area contributed by atoms with Gasteiger partial charge in [0.25, 0.3) is 6.47 Å². The number of allylic oxidation sites excluding steroid dienone is 1. The van der Waals surface area contributed by atoms with E-state index in [0.29, 0.717) is 37.7 Å². The molecule has 1 N–H and O–H groups in total. The smallest absolute Gasteiger partial charge is 0.310 e. The van der Waals surface area contributed by atoms with Gasteiger partial charge in [0.05, 0.1) is 23.4 Å². The maximum absolute atomic E-state index is 14.4. The molecule has 7 aliphatic rings. The lowest BCUT2D eigenvalue weighted by molar-refractivity contribution is -0.236. The molecule has 0 spiro atoms. The van der Waals surface area contributed by atoms with E-state index in [-0.39, 0.29) is 81.5 Å². The van der Waals surface area contributed by atoms with Gasteiger partial charge in [-0.3, -0.25) is 28.9 Å². The van der Waals surface area contributed by atoms with Gasteiger partial charge in [0.1, 0.15) is 18.0 Å². The van der Waals surface area contributed by atoms with Gasteiger partial charge in [0.2, 0.25) is 5.91 Å². The zero-order chi connectivity index (χ0) is 42.4. The Morgan fingerprint density at radius 1 is 0.845 bits per heavy atom. The summed E-state index contributed by atoms with van der Waals surface area (Å²) in [5, 5.41) is 3.56. The van der Waals surface area contributed by atoms with Gasteiger partial charge >= 0.3 is 5.97 Å². The van der Waals surface area contributed by atoms with Crippen molar-refractivity contribution >= 4 is 29.9 Å². The predicted octanol–water partition coefficient (Wildman–Crippen LogP) is 8.81. The van der Waals surface area contributed by atoms with Crippen LogP contribution in [0, 0.1) is 62.1 Å². The van der Waals surface area contributed by atoms with Gasteiger partial charge < -0.3 is 14.8 Å². The first-order valence-electron chi connectivity index (χ1n) is 23.1. The Hall–Kier alpha value is -2.55. The summed E-state index contributed by atoms with van der Waals surface area (Å²) >= 11 is 0. The van der Waals surface area contributed by atoms with Crippen molar-refractivity contribution in [1.82, 2.24) is 10.2 Å². The highest BCUT2D eigenvalue weighted by Crippen LogP contribution is 2.76. The minimum atomic E-state index is -0.880. The van der Waals surface area contributed by atoms with E-state index in [1.54, 1.807) is 0 Å². The number of ether oxygens (including phenoxy) is 2. The fraction of sp³-hybridized carbons (Fsp3) is 0.857. The second-order valence-corrected chi connectivity index (χ2v) is 23.3. The van der Waals surface area contributed by atoms with Crippen LogP contribution < -0.4 is 5.32 Å². The van der Waals surface area contributed by atoms with E-state index in [2.05, 4.69) is 58.7 Å². The number of rotatable bonds is 11. The molecule has 7 rings (SSSR count). The van der Waals surface area contributed by atoms with Crippen LogP contribution >= 0.6 is 0 Å². The van der Waals surface area contributed by atoms with Crippen LogP contribution in [0.5, 0.6) is 0 Å². The summed E-state index contributed by atoms with van der Waals surface area (Å²) in [5.41, 5.74) is -0.0188. The van der Waals surface area contributed by atoms with Crippen molar-refractivity contribution in [3.63, 3.8) is 0 Å². The fourth-order valence-electron chi connectivity index (χ4n) is 15.1. The van der Waals surface area contributed by atoms with Gasteiger partial charge in [0.15, 0.2) is 5.78 Å². The second-order valence-electron chi connectivity index (χ2n) is 23.3. The number of nitrogens with one attached hydrogen (secondary N) is 1. The summed E-state index contributed by atoms with van der Waals surface area (Å²) in [5.74, 6) is 0.888. The average Bonchev–Trinajstić information content (AvgIpc) is 3.43. The van der Waals surface area contributed by atoms with Crippen molar-refractivity contribution in [2.75, 3.05) is 19.6 Å². The van der Waals surface area contributed by atoms with Crippen LogP contribution in [0.15, 0.2) is 11.1 Å². The molecule has 58 heavy (non-hydrogen) atoms. The second kappa shape index (κ2) is 14.8. The molecule has 0 aromatic rings. The summed E-state index contributed by atoms with van der Waals surface area (Å²) in [6.45, 7) is 27.2. The largest absolute Gasteiger partial charge is 0.464 e. The van der Waals surface area contributed by atoms with Gasteiger partial charge in [-0.05, 0) is 135 Å². The Kier molecular flexibility index (Phi) is 11.1. The predicted molar refractivity (Wildman–Crippen MR) is 224 cm³/mol. The molecule has 1 heterocycles. The summed E-state index contributed by atoms with van der Waals surface area (Å²) in [7, 11) is 0. The van der Waals surface area contributed by atoms with Crippen LogP contribution in [0.1, 0.15) is 166 Å². The van der Waals surface area contributed by atoms with Gasteiger partial charge in [-0.25, -0.2) is 0 Å². The summed E-state index contributed by atoms with van der Waals surface area (Å²) in [6, 6.07) is 0. The van der Waals surface area contributed by atoms with E-state index in [4.69, 9.17) is 9.47 Å². The normalized spacial score (nSPS) is 40.7. The highest BCUT2D eigenvalue weighted by atomic mass is 16.6. The lowest BCUT2D eigenvalue weighted by Crippen LogP contribution is -2.67. The Balaban J connectivity index is 1.11. The number of amides is 1. The SMILES string of the molecule is CC(C)C1=C2[C@H]3CC[C@@H]4[C@@]5(C)CC[C@H](OC(=O)[C@H]6C[C@@H](OC=O)C6(C)C)C(C)(C)[C@@H]5CC[C@@]4(C)[C@]3(C)CC[C@@]2(NC(=O)C(C)(C)CC(=O)CN2CCCCC2)CC1=O. The molecule has 0 aromatic heterocycles. The number of carbonyl (C=O) groups is 5. The van der Waals surface area contributed by atoms with Gasteiger partial charge in [-0.1, -0.05) is 82.6 Å². The van der Waals surface area contributed by atoms with Crippen molar-refractivity contribution in [3.8, 4) is 0 Å². The van der Waals surface area contributed by atoms with E-state index in [0.717, 1.165) is 82.9 Å². The molecular formula is C49H76N2O7. The molecule has 0 unspecified atom stereocenters. The van der Waals surface area contributed by atoms with Crippen molar-refractivity contribution < 1.29 is 33.4 Å². The van der Waals surface area contributed by atoms with Crippen LogP contribution in [-0.2, 0) is 33.4 Å². The summed E-state index contributed by atoms with van der Waals surface area (Å²) < 4.78 is 11.7. The lowest BCUT2D eigenvalue weighted by Gasteiger charge is -2.72. The molecule has 9 heteroatoms. The fourth-order valence-corrected chi connectivity index (χ4v) is 15.1. The Morgan fingerprint density at radius 2 is 1.53 bits per heavy atom. The molecular weight excluding hydrogens is 729 g/mol. The van der Waals surface area contributed by atoms with E-state index in [9.17, 15) is 24.0 Å². The molecule has 6 aliphatic carbocycles. The van der Waals surface area contributed by atoms with E-state index in [1.807, 2.05) is 27.7 Å². The first-order chi connectivity index (χ1) is 27.0. The van der Waals surface area contributed by atoms with Gasteiger partial charge in [0, 0.05) is 23.7 Å². The minimum Gasteiger partial charge on any atom is -0.464 e. The number of fused-ring (bicyclic) bond motifs is 7. The Morgan fingerprint density at radius 3 is 2.17 bits per heavy atom.